The summed E-state index contributed by atoms with van der Waals surface area (Å²) in [7, 11) is 0. The van der Waals surface area contributed by atoms with Crippen molar-refractivity contribution in [3.8, 4) is 0 Å². The zero-order valence-electron chi connectivity index (χ0n) is 10.0. The Labute approximate surface area is 107 Å². The van der Waals surface area contributed by atoms with Crippen LogP contribution in [0, 0.1) is 11.6 Å². The third kappa shape index (κ3) is 3.09. The molecule has 0 spiro atoms. The summed E-state index contributed by atoms with van der Waals surface area (Å²) >= 11 is 0. The van der Waals surface area contributed by atoms with Crippen LogP contribution in [0.3, 0.4) is 0 Å². The fourth-order valence-electron chi connectivity index (χ4n) is 1.57. The summed E-state index contributed by atoms with van der Waals surface area (Å²) in [5.74, 6) is -2.13. The van der Waals surface area contributed by atoms with Crippen molar-refractivity contribution in [3.63, 3.8) is 0 Å². The van der Waals surface area contributed by atoms with Gasteiger partial charge in [-0.2, -0.15) is 5.21 Å². The zero-order chi connectivity index (χ0) is 13.8. The number of tetrazole rings is 1. The topological polar surface area (TPSA) is 83.6 Å². The molecule has 0 aliphatic carbocycles. The van der Waals surface area contributed by atoms with Gasteiger partial charge in [0.2, 0.25) is 5.91 Å². The average molecular weight is 267 g/mol. The SMILES string of the molecule is CC(NC(=O)Cc1cccc(F)c1F)c1nn[nH]n1. The van der Waals surface area contributed by atoms with Gasteiger partial charge in [0.1, 0.15) is 0 Å². The third-order valence-corrected chi connectivity index (χ3v) is 2.51. The van der Waals surface area contributed by atoms with E-state index in [-0.39, 0.29) is 12.0 Å². The quantitative estimate of drug-likeness (QED) is 0.862. The lowest BCUT2D eigenvalue weighted by Gasteiger charge is -2.10. The molecule has 1 amide bonds. The number of hydrogen-bond acceptors (Lipinski definition) is 4. The highest BCUT2D eigenvalue weighted by atomic mass is 19.2. The van der Waals surface area contributed by atoms with Crippen molar-refractivity contribution in [2.45, 2.75) is 19.4 Å². The molecular formula is C11H11F2N5O. The first-order chi connectivity index (χ1) is 9.08. The summed E-state index contributed by atoms with van der Waals surface area (Å²) in [4.78, 5) is 11.7. The molecule has 1 aromatic heterocycles. The molecule has 0 aliphatic heterocycles. The monoisotopic (exact) mass is 267 g/mol. The Bertz CT molecular complexity index is 572. The van der Waals surface area contributed by atoms with Crippen LogP contribution in [0.5, 0.6) is 0 Å². The van der Waals surface area contributed by atoms with Crippen LogP contribution in [0.25, 0.3) is 0 Å². The van der Waals surface area contributed by atoms with Crippen molar-refractivity contribution in [3.05, 3.63) is 41.2 Å². The van der Waals surface area contributed by atoms with Crippen molar-refractivity contribution < 1.29 is 13.6 Å². The molecule has 2 aromatic rings. The lowest BCUT2D eigenvalue weighted by Crippen LogP contribution is -2.29. The Morgan fingerprint density at radius 1 is 1.47 bits per heavy atom. The molecule has 1 aromatic carbocycles. The number of amides is 1. The largest absolute Gasteiger partial charge is 0.346 e. The minimum Gasteiger partial charge on any atom is -0.346 e. The molecule has 8 heteroatoms. The van der Waals surface area contributed by atoms with Crippen molar-refractivity contribution in [1.82, 2.24) is 25.9 Å². The Morgan fingerprint density at radius 2 is 2.26 bits per heavy atom. The van der Waals surface area contributed by atoms with Gasteiger partial charge in [-0.05, 0) is 13.0 Å². The Kier molecular flexibility index (Phi) is 3.79. The normalized spacial score (nSPS) is 12.2. The van der Waals surface area contributed by atoms with Gasteiger partial charge in [-0.25, -0.2) is 8.78 Å². The smallest absolute Gasteiger partial charge is 0.225 e. The molecular weight excluding hydrogens is 256 g/mol. The minimum absolute atomic E-state index is 0.00203. The van der Waals surface area contributed by atoms with Crippen LogP contribution >= 0.6 is 0 Å². The minimum atomic E-state index is -1.01. The molecule has 0 fully saturated rings. The van der Waals surface area contributed by atoms with Crippen LogP contribution in [0.1, 0.15) is 24.4 Å². The Balaban J connectivity index is 2.00. The van der Waals surface area contributed by atoms with E-state index in [0.717, 1.165) is 6.07 Å². The molecule has 100 valence electrons. The standard InChI is InChI=1S/C11H11F2N5O/c1-6(11-15-17-18-16-11)14-9(19)5-7-3-2-4-8(12)10(7)13/h2-4,6H,5H2,1H3,(H,14,19)(H,15,16,17,18). The summed E-state index contributed by atoms with van der Waals surface area (Å²) in [6, 6.07) is 3.24. The third-order valence-electron chi connectivity index (χ3n) is 2.51. The second-order valence-corrected chi connectivity index (χ2v) is 3.95. The molecule has 0 saturated carbocycles. The first-order valence-electron chi connectivity index (χ1n) is 5.53. The molecule has 1 heterocycles. The van der Waals surface area contributed by atoms with Crippen LogP contribution in [-0.4, -0.2) is 26.5 Å². The highest BCUT2D eigenvalue weighted by molar-refractivity contribution is 5.78. The summed E-state index contributed by atoms with van der Waals surface area (Å²) in [6.07, 6.45) is -0.258. The van der Waals surface area contributed by atoms with Crippen molar-refractivity contribution in [1.29, 1.82) is 0 Å². The number of halogens is 2. The van der Waals surface area contributed by atoms with Gasteiger partial charge in [-0.15, -0.1) is 10.2 Å². The van der Waals surface area contributed by atoms with Gasteiger partial charge in [0.25, 0.3) is 0 Å². The van der Waals surface area contributed by atoms with Crippen LogP contribution in [-0.2, 0) is 11.2 Å². The van der Waals surface area contributed by atoms with E-state index in [1.807, 2.05) is 0 Å². The van der Waals surface area contributed by atoms with Gasteiger partial charge in [0.05, 0.1) is 12.5 Å². The maximum atomic E-state index is 13.4. The summed E-state index contributed by atoms with van der Waals surface area (Å²) < 4.78 is 26.4. The number of benzene rings is 1. The number of aromatic amines is 1. The summed E-state index contributed by atoms with van der Waals surface area (Å²) in [5, 5.41) is 15.6. The molecule has 1 atom stereocenters. The van der Waals surface area contributed by atoms with Crippen LogP contribution in [0.2, 0.25) is 0 Å². The van der Waals surface area contributed by atoms with Gasteiger partial charge >= 0.3 is 0 Å². The Hall–Kier alpha value is -2.38. The van der Waals surface area contributed by atoms with E-state index in [1.165, 1.54) is 12.1 Å². The number of H-pyrrole nitrogens is 1. The van der Waals surface area contributed by atoms with E-state index in [9.17, 15) is 13.6 Å². The van der Waals surface area contributed by atoms with Crippen LogP contribution < -0.4 is 5.32 Å². The molecule has 0 saturated heterocycles. The predicted octanol–water partition coefficient (Wildman–Crippen LogP) is 0.898. The lowest BCUT2D eigenvalue weighted by molar-refractivity contribution is -0.121. The van der Waals surface area contributed by atoms with Gasteiger partial charge < -0.3 is 5.32 Å². The van der Waals surface area contributed by atoms with Gasteiger partial charge in [0, 0.05) is 5.56 Å². The predicted molar refractivity (Wildman–Crippen MR) is 60.8 cm³/mol. The molecule has 6 nitrogen and oxygen atoms in total. The number of carbonyl (C=O) groups excluding carboxylic acids is 1. The van der Waals surface area contributed by atoms with Crippen molar-refractivity contribution in [2.75, 3.05) is 0 Å². The second kappa shape index (κ2) is 5.51. The molecule has 2 rings (SSSR count). The maximum Gasteiger partial charge on any atom is 0.225 e. The van der Waals surface area contributed by atoms with Gasteiger partial charge in [-0.1, -0.05) is 17.3 Å². The summed E-state index contributed by atoms with van der Waals surface area (Å²) in [6.45, 7) is 1.66. The molecule has 0 bridgehead atoms. The van der Waals surface area contributed by atoms with Crippen molar-refractivity contribution >= 4 is 5.91 Å². The van der Waals surface area contributed by atoms with Crippen LogP contribution in [0.15, 0.2) is 18.2 Å². The number of nitrogens with one attached hydrogen (secondary N) is 2. The lowest BCUT2D eigenvalue weighted by atomic mass is 10.1. The van der Waals surface area contributed by atoms with E-state index >= 15 is 0 Å². The van der Waals surface area contributed by atoms with E-state index in [0.29, 0.717) is 5.82 Å². The molecule has 0 aliphatic rings. The molecule has 0 radical (unpaired) electrons. The number of rotatable bonds is 4. The molecule has 19 heavy (non-hydrogen) atoms. The molecule has 1 unspecified atom stereocenters. The van der Waals surface area contributed by atoms with Crippen LogP contribution in [0.4, 0.5) is 8.78 Å². The zero-order valence-corrected chi connectivity index (χ0v) is 10.0. The van der Waals surface area contributed by atoms with E-state index in [2.05, 4.69) is 25.9 Å². The molecule has 2 N–H and O–H groups in total. The number of carbonyl (C=O) groups is 1. The van der Waals surface area contributed by atoms with E-state index < -0.39 is 23.6 Å². The van der Waals surface area contributed by atoms with Gasteiger partial charge in [-0.3, -0.25) is 4.79 Å². The van der Waals surface area contributed by atoms with E-state index in [1.54, 1.807) is 6.92 Å². The fourth-order valence-corrected chi connectivity index (χ4v) is 1.57. The highest BCUT2D eigenvalue weighted by Crippen LogP contribution is 2.12. The highest BCUT2D eigenvalue weighted by Gasteiger charge is 2.16. The number of nitrogens with zero attached hydrogens (tertiary/aromatic N) is 3. The number of hydrogen-bond donors (Lipinski definition) is 2. The average Bonchev–Trinajstić information content (AvgIpc) is 2.88. The van der Waals surface area contributed by atoms with Gasteiger partial charge in [0.15, 0.2) is 17.5 Å². The second-order valence-electron chi connectivity index (χ2n) is 3.95. The number of aromatic nitrogens is 4. The first kappa shape index (κ1) is 13.1. The first-order valence-corrected chi connectivity index (χ1v) is 5.53. The van der Waals surface area contributed by atoms with Crippen molar-refractivity contribution in [2.24, 2.45) is 0 Å². The van der Waals surface area contributed by atoms with E-state index in [4.69, 9.17) is 0 Å². The fraction of sp³-hybridized carbons (Fsp3) is 0.273. The summed E-state index contributed by atoms with van der Waals surface area (Å²) in [5.41, 5.74) is -0.00203. The Morgan fingerprint density at radius 3 is 2.95 bits per heavy atom. The maximum absolute atomic E-state index is 13.4.